The van der Waals surface area contributed by atoms with Crippen molar-refractivity contribution in [3.63, 3.8) is 0 Å². The lowest BCUT2D eigenvalue weighted by molar-refractivity contribution is -0.153. The molecule has 0 spiro atoms. The Balaban J connectivity index is 4.93. The van der Waals surface area contributed by atoms with Crippen molar-refractivity contribution < 1.29 is 19.4 Å². The molecule has 0 saturated carbocycles. The molecule has 0 aromatic rings. The number of thioether (sulfide) groups is 1. The minimum absolute atomic E-state index is 0.318. The van der Waals surface area contributed by atoms with E-state index in [1.807, 2.05) is 20.8 Å². The molecule has 0 aliphatic carbocycles. The van der Waals surface area contributed by atoms with Gasteiger partial charge in [0.1, 0.15) is 0 Å². The average molecular weight is 220 g/mol. The number of hydrogen-bond acceptors (Lipinski definition) is 4. The molecule has 82 valence electrons. The first-order valence-corrected chi connectivity index (χ1v) is 4.97. The normalized spacial score (nSPS) is 15.8. The summed E-state index contributed by atoms with van der Waals surface area (Å²) in [6.07, 6.45) is 0. The maximum absolute atomic E-state index is 11.3. The molecule has 4 nitrogen and oxygen atoms in total. The number of carbonyl (C=O) groups excluding carboxylic acids is 1. The summed E-state index contributed by atoms with van der Waals surface area (Å²) in [5.41, 5.74) is 0. The number of carboxylic acid groups (broad SMARTS) is 1. The minimum Gasteiger partial charge on any atom is -0.480 e. The second-order valence-electron chi connectivity index (χ2n) is 4.04. The van der Waals surface area contributed by atoms with Crippen LogP contribution >= 0.6 is 11.8 Å². The standard InChI is InChI=1S/C9H16O4S/c1-8(2,3)14-9(4,6(10)11)7(12)13-5/h1-5H3,(H,10,11)/t9-/m1/s1. The Bertz CT molecular complexity index is 244. The van der Waals surface area contributed by atoms with Crippen molar-refractivity contribution in [1.82, 2.24) is 0 Å². The van der Waals surface area contributed by atoms with Gasteiger partial charge in [0.2, 0.25) is 4.75 Å². The summed E-state index contributed by atoms with van der Waals surface area (Å²) in [4.78, 5) is 22.3. The van der Waals surface area contributed by atoms with E-state index >= 15 is 0 Å². The predicted octanol–water partition coefficient (Wildman–Crippen LogP) is 1.53. The Morgan fingerprint density at radius 3 is 1.86 bits per heavy atom. The van der Waals surface area contributed by atoms with Crippen LogP contribution in [0.5, 0.6) is 0 Å². The third-order valence-electron chi connectivity index (χ3n) is 1.49. The Morgan fingerprint density at radius 2 is 1.64 bits per heavy atom. The predicted molar refractivity (Wildman–Crippen MR) is 55.4 cm³/mol. The first-order valence-electron chi connectivity index (χ1n) is 4.15. The van der Waals surface area contributed by atoms with Gasteiger partial charge in [-0.2, -0.15) is 0 Å². The Hall–Kier alpha value is -0.710. The highest BCUT2D eigenvalue weighted by Gasteiger charge is 2.46. The van der Waals surface area contributed by atoms with E-state index in [4.69, 9.17) is 5.11 Å². The first-order chi connectivity index (χ1) is 6.13. The molecule has 0 aliphatic heterocycles. The third-order valence-corrected chi connectivity index (χ3v) is 2.86. The van der Waals surface area contributed by atoms with E-state index in [2.05, 4.69) is 4.74 Å². The summed E-state index contributed by atoms with van der Waals surface area (Å²) in [7, 11) is 1.19. The molecule has 0 fully saturated rings. The molecule has 14 heavy (non-hydrogen) atoms. The van der Waals surface area contributed by atoms with Gasteiger partial charge in [-0.15, -0.1) is 11.8 Å². The molecule has 1 N–H and O–H groups in total. The lowest BCUT2D eigenvalue weighted by Gasteiger charge is -2.29. The van der Waals surface area contributed by atoms with Gasteiger partial charge in [0, 0.05) is 4.75 Å². The molecule has 0 unspecified atom stereocenters. The molecule has 0 heterocycles. The van der Waals surface area contributed by atoms with Crippen molar-refractivity contribution in [2.75, 3.05) is 7.11 Å². The number of aliphatic carboxylic acids is 1. The highest BCUT2D eigenvalue weighted by molar-refractivity contribution is 8.03. The van der Waals surface area contributed by atoms with Crippen LogP contribution in [0, 0.1) is 0 Å². The van der Waals surface area contributed by atoms with Gasteiger partial charge in [0.15, 0.2) is 0 Å². The van der Waals surface area contributed by atoms with Gasteiger partial charge >= 0.3 is 11.9 Å². The first kappa shape index (κ1) is 13.3. The topological polar surface area (TPSA) is 63.6 Å². The molecule has 0 aliphatic rings. The Labute approximate surface area is 88.0 Å². The van der Waals surface area contributed by atoms with Crippen LogP contribution < -0.4 is 0 Å². The molecule has 0 aromatic carbocycles. The van der Waals surface area contributed by atoms with Crippen molar-refractivity contribution in [2.24, 2.45) is 0 Å². The molecule has 0 bridgehead atoms. The fourth-order valence-electron chi connectivity index (χ4n) is 0.980. The summed E-state index contributed by atoms with van der Waals surface area (Å²) < 4.78 is 2.63. The smallest absolute Gasteiger partial charge is 0.333 e. The van der Waals surface area contributed by atoms with Crippen LogP contribution in [0.4, 0.5) is 0 Å². The van der Waals surface area contributed by atoms with E-state index < -0.39 is 16.7 Å². The molecular weight excluding hydrogens is 204 g/mol. The molecule has 5 heteroatoms. The lowest BCUT2D eigenvalue weighted by atomic mass is 10.2. The largest absolute Gasteiger partial charge is 0.480 e. The number of ether oxygens (including phenoxy) is 1. The summed E-state index contributed by atoms with van der Waals surface area (Å²) in [6.45, 7) is 6.91. The Kier molecular flexibility index (Phi) is 4.00. The molecular formula is C9H16O4S. The van der Waals surface area contributed by atoms with Gasteiger partial charge in [-0.05, 0) is 6.92 Å². The maximum Gasteiger partial charge on any atom is 0.333 e. The number of methoxy groups -OCH3 is 1. The number of carbonyl (C=O) groups is 2. The Morgan fingerprint density at radius 1 is 1.21 bits per heavy atom. The summed E-state index contributed by atoms with van der Waals surface area (Å²) in [6, 6.07) is 0. The highest BCUT2D eigenvalue weighted by Crippen LogP contribution is 2.37. The van der Waals surface area contributed by atoms with Gasteiger partial charge in [-0.3, -0.25) is 4.79 Å². The van der Waals surface area contributed by atoms with Gasteiger partial charge in [0.25, 0.3) is 0 Å². The summed E-state index contributed by atoms with van der Waals surface area (Å²) >= 11 is 1.07. The summed E-state index contributed by atoms with van der Waals surface area (Å²) in [5.74, 6) is -1.91. The molecule has 0 amide bonds. The SMILES string of the molecule is COC(=O)[C@](C)(SC(C)(C)C)C(=O)O. The minimum atomic E-state index is -1.53. The number of carboxylic acids is 1. The van der Waals surface area contributed by atoms with Crippen molar-refractivity contribution in [3.05, 3.63) is 0 Å². The maximum atomic E-state index is 11.3. The van der Waals surface area contributed by atoms with Crippen molar-refractivity contribution in [1.29, 1.82) is 0 Å². The zero-order valence-corrected chi connectivity index (χ0v) is 9.90. The zero-order valence-electron chi connectivity index (χ0n) is 9.08. The molecule has 0 radical (unpaired) electrons. The second kappa shape index (κ2) is 4.21. The summed E-state index contributed by atoms with van der Waals surface area (Å²) in [5, 5.41) is 8.98. The van der Waals surface area contributed by atoms with E-state index in [9.17, 15) is 9.59 Å². The van der Waals surface area contributed by atoms with Gasteiger partial charge < -0.3 is 9.84 Å². The van der Waals surface area contributed by atoms with Crippen LogP contribution in [0.2, 0.25) is 0 Å². The second-order valence-corrected chi connectivity index (χ2v) is 6.29. The fraction of sp³-hybridized carbons (Fsp3) is 0.778. The molecule has 0 saturated heterocycles. The third kappa shape index (κ3) is 3.21. The van der Waals surface area contributed by atoms with E-state index in [-0.39, 0.29) is 4.75 Å². The fourth-order valence-corrected chi connectivity index (χ4v) is 2.46. The van der Waals surface area contributed by atoms with E-state index in [1.54, 1.807) is 0 Å². The molecule has 1 atom stereocenters. The van der Waals surface area contributed by atoms with Crippen LogP contribution in [0.1, 0.15) is 27.7 Å². The monoisotopic (exact) mass is 220 g/mol. The zero-order chi connectivity index (χ0) is 11.6. The van der Waals surface area contributed by atoms with Crippen molar-refractivity contribution in [2.45, 2.75) is 37.2 Å². The van der Waals surface area contributed by atoms with Crippen molar-refractivity contribution in [3.8, 4) is 0 Å². The van der Waals surface area contributed by atoms with Crippen LogP contribution in [0.25, 0.3) is 0 Å². The molecule has 0 aromatic heterocycles. The highest BCUT2D eigenvalue weighted by atomic mass is 32.2. The van der Waals surface area contributed by atoms with Crippen molar-refractivity contribution >= 4 is 23.7 Å². The van der Waals surface area contributed by atoms with Crippen LogP contribution in [-0.2, 0) is 14.3 Å². The number of rotatable bonds is 3. The van der Waals surface area contributed by atoms with E-state index in [0.717, 1.165) is 11.8 Å². The molecule has 0 rings (SSSR count). The van der Waals surface area contributed by atoms with Gasteiger partial charge in [-0.1, -0.05) is 20.8 Å². The lowest BCUT2D eigenvalue weighted by Crippen LogP contribution is -2.44. The van der Waals surface area contributed by atoms with E-state index in [0.29, 0.717) is 0 Å². The van der Waals surface area contributed by atoms with Gasteiger partial charge in [-0.25, -0.2) is 4.79 Å². The number of hydrogen-bond donors (Lipinski definition) is 1. The number of esters is 1. The van der Waals surface area contributed by atoms with Crippen LogP contribution in [0.3, 0.4) is 0 Å². The average Bonchev–Trinajstić information content (AvgIpc) is 1.99. The van der Waals surface area contributed by atoms with Crippen LogP contribution in [0.15, 0.2) is 0 Å². The quantitative estimate of drug-likeness (QED) is 0.577. The van der Waals surface area contributed by atoms with Gasteiger partial charge in [0.05, 0.1) is 7.11 Å². The van der Waals surface area contributed by atoms with E-state index in [1.165, 1.54) is 14.0 Å². The van der Waals surface area contributed by atoms with Crippen LogP contribution in [-0.4, -0.2) is 33.6 Å².